The predicted octanol–water partition coefficient (Wildman–Crippen LogP) is 1.88. The number of rotatable bonds is 8. The van der Waals surface area contributed by atoms with Gasteiger partial charge in [0.2, 0.25) is 0 Å². The van der Waals surface area contributed by atoms with Crippen LogP contribution in [0.5, 0.6) is 0 Å². The Kier molecular flexibility index (Phi) is 7.01. The van der Waals surface area contributed by atoms with Crippen molar-refractivity contribution in [1.82, 2.24) is 10.2 Å². The summed E-state index contributed by atoms with van der Waals surface area (Å²) in [5.41, 5.74) is 0. The molecule has 1 N–H and O–H groups in total. The van der Waals surface area contributed by atoms with Crippen molar-refractivity contribution in [2.45, 2.75) is 51.7 Å². The molecular formula is C13H28N2O. The molecule has 0 amide bonds. The second kappa shape index (κ2) is 8.04. The standard InChI is InChI=1S/C13H28N2O/c1-4-8-14-12(2)7-9-15(3)11-13-6-5-10-16-13/h12-14H,4-11H2,1-3H3. The molecule has 1 aliphatic heterocycles. The third kappa shape index (κ3) is 5.83. The second-order valence-electron chi connectivity index (χ2n) is 5.04. The number of ether oxygens (including phenoxy) is 1. The fourth-order valence-electron chi connectivity index (χ4n) is 2.13. The minimum absolute atomic E-state index is 0.490. The smallest absolute Gasteiger partial charge is 0.0702 e. The molecular weight excluding hydrogens is 200 g/mol. The van der Waals surface area contributed by atoms with E-state index in [1.807, 2.05) is 0 Å². The zero-order valence-electron chi connectivity index (χ0n) is 11.2. The fraction of sp³-hybridized carbons (Fsp3) is 1.00. The van der Waals surface area contributed by atoms with Crippen LogP contribution in [0.25, 0.3) is 0 Å². The molecule has 0 aromatic carbocycles. The summed E-state index contributed by atoms with van der Waals surface area (Å²) in [5.74, 6) is 0. The van der Waals surface area contributed by atoms with Crippen LogP contribution in [0.2, 0.25) is 0 Å². The topological polar surface area (TPSA) is 24.5 Å². The van der Waals surface area contributed by atoms with Gasteiger partial charge in [-0.1, -0.05) is 6.92 Å². The van der Waals surface area contributed by atoms with Crippen molar-refractivity contribution in [2.24, 2.45) is 0 Å². The predicted molar refractivity (Wildman–Crippen MR) is 68.8 cm³/mol. The summed E-state index contributed by atoms with van der Waals surface area (Å²) < 4.78 is 5.64. The van der Waals surface area contributed by atoms with Gasteiger partial charge in [-0.15, -0.1) is 0 Å². The second-order valence-corrected chi connectivity index (χ2v) is 5.04. The van der Waals surface area contributed by atoms with Crippen molar-refractivity contribution in [3.05, 3.63) is 0 Å². The van der Waals surface area contributed by atoms with Crippen LogP contribution >= 0.6 is 0 Å². The molecule has 1 heterocycles. The van der Waals surface area contributed by atoms with Gasteiger partial charge in [0.05, 0.1) is 6.10 Å². The molecule has 1 rings (SSSR count). The lowest BCUT2D eigenvalue weighted by Gasteiger charge is -2.22. The molecule has 2 atom stereocenters. The third-order valence-electron chi connectivity index (χ3n) is 3.23. The van der Waals surface area contributed by atoms with Crippen LogP contribution in [-0.2, 0) is 4.74 Å². The minimum atomic E-state index is 0.490. The fourth-order valence-corrected chi connectivity index (χ4v) is 2.13. The van der Waals surface area contributed by atoms with Crippen LogP contribution in [-0.4, -0.2) is 50.3 Å². The van der Waals surface area contributed by atoms with E-state index in [4.69, 9.17) is 4.74 Å². The van der Waals surface area contributed by atoms with Crippen molar-refractivity contribution in [1.29, 1.82) is 0 Å². The van der Waals surface area contributed by atoms with Gasteiger partial charge in [-0.2, -0.15) is 0 Å². The highest BCUT2D eigenvalue weighted by molar-refractivity contribution is 4.70. The first-order valence-corrected chi connectivity index (χ1v) is 6.76. The molecule has 0 aromatic heterocycles. The van der Waals surface area contributed by atoms with E-state index in [1.54, 1.807) is 0 Å². The lowest BCUT2D eigenvalue weighted by atomic mass is 10.2. The molecule has 0 aliphatic carbocycles. The molecule has 96 valence electrons. The van der Waals surface area contributed by atoms with Gasteiger partial charge < -0.3 is 15.0 Å². The highest BCUT2D eigenvalue weighted by atomic mass is 16.5. The quantitative estimate of drug-likeness (QED) is 0.686. The van der Waals surface area contributed by atoms with E-state index in [0.29, 0.717) is 12.1 Å². The summed E-state index contributed by atoms with van der Waals surface area (Å²) in [7, 11) is 2.20. The van der Waals surface area contributed by atoms with Crippen LogP contribution in [0.3, 0.4) is 0 Å². The summed E-state index contributed by atoms with van der Waals surface area (Å²) in [5, 5.41) is 3.52. The van der Waals surface area contributed by atoms with Gasteiger partial charge in [0.1, 0.15) is 0 Å². The van der Waals surface area contributed by atoms with Crippen molar-refractivity contribution in [3.8, 4) is 0 Å². The minimum Gasteiger partial charge on any atom is -0.377 e. The third-order valence-corrected chi connectivity index (χ3v) is 3.23. The highest BCUT2D eigenvalue weighted by Crippen LogP contribution is 2.12. The van der Waals surface area contributed by atoms with E-state index in [9.17, 15) is 0 Å². The molecule has 2 unspecified atom stereocenters. The zero-order valence-corrected chi connectivity index (χ0v) is 11.2. The maximum absolute atomic E-state index is 5.64. The molecule has 1 saturated heterocycles. The molecule has 0 radical (unpaired) electrons. The lowest BCUT2D eigenvalue weighted by Crippen LogP contribution is -2.34. The zero-order chi connectivity index (χ0) is 11.8. The largest absolute Gasteiger partial charge is 0.377 e. The normalized spacial score (nSPS) is 22.9. The Morgan fingerprint density at radius 1 is 1.50 bits per heavy atom. The van der Waals surface area contributed by atoms with Gasteiger partial charge in [0.15, 0.2) is 0 Å². The first-order chi connectivity index (χ1) is 7.72. The van der Waals surface area contributed by atoms with Crippen molar-refractivity contribution >= 4 is 0 Å². The van der Waals surface area contributed by atoms with E-state index in [-0.39, 0.29) is 0 Å². The Labute approximate surface area is 101 Å². The molecule has 3 heteroatoms. The first-order valence-electron chi connectivity index (χ1n) is 6.76. The Morgan fingerprint density at radius 3 is 2.94 bits per heavy atom. The van der Waals surface area contributed by atoms with E-state index in [0.717, 1.165) is 26.2 Å². The van der Waals surface area contributed by atoms with E-state index >= 15 is 0 Å². The molecule has 0 spiro atoms. The summed E-state index contributed by atoms with van der Waals surface area (Å²) in [6.07, 6.45) is 5.42. The molecule has 16 heavy (non-hydrogen) atoms. The van der Waals surface area contributed by atoms with E-state index < -0.39 is 0 Å². The van der Waals surface area contributed by atoms with Crippen LogP contribution in [0, 0.1) is 0 Å². The van der Waals surface area contributed by atoms with Gasteiger partial charge in [-0.25, -0.2) is 0 Å². The number of hydrogen-bond acceptors (Lipinski definition) is 3. The SMILES string of the molecule is CCCNC(C)CCN(C)CC1CCCO1. The summed E-state index contributed by atoms with van der Waals surface area (Å²) in [4.78, 5) is 2.40. The van der Waals surface area contributed by atoms with Crippen molar-refractivity contribution in [2.75, 3.05) is 33.3 Å². The van der Waals surface area contributed by atoms with Crippen LogP contribution in [0.1, 0.15) is 39.5 Å². The summed E-state index contributed by atoms with van der Waals surface area (Å²) in [6, 6.07) is 0.631. The Bertz CT molecular complexity index is 169. The van der Waals surface area contributed by atoms with Gasteiger partial charge in [0.25, 0.3) is 0 Å². The van der Waals surface area contributed by atoms with Gasteiger partial charge in [-0.3, -0.25) is 0 Å². The molecule has 0 bridgehead atoms. The molecule has 3 nitrogen and oxygen atoms in total. The summed E-state index contributed by atoms with van der Waals surface area (Å²) >= 11 is 0. The average Bonchev–Trinajstić information content (AvgIpc) is 2.76. The van der Waals surface area contributed by atoms with Crippen LogP contribution in [0.15, 0.2) is 0 Å². The molecule has 0 saturated carbocycles. The van der Waals surface area contributed by atoms with Crippen molar-refractivity contribution < 1.29 is 4.74 Å². The molecule has 0 aromatic rings. The molecule has 1 fully saturated rings. The van der Waals surface area contributed by atoms with Gasteiger partial charge >= 0.3 is 0 Å². The lowest BCUT2D eigenvalue weighted by molar-refractivity contribution is 0.0802. The monoisotopic (exact) mass is 228 g/mol. The van der Waals surface area contributed by atoms with Crippen molar-refractivity contribution in [3.63, 3.8) is 0 Å². The number of nitrogens with one attached hydrogen (secondary N) is 1. The maximum Gasteiger partial charge on any atom is 0.0702 e. The maximum atomic E-state index is 5.64. The Balaban J connectivity index is 2.02. The first kappa shape index (κ1) is 13.9. The Hall–Kier alpha value is -0.120. The number of nitrogens with zero attached hydrogens (tertiary/aromatic N) is 1. The van der Waals surface area contributed by atoms with Gasteiger partial charge in [-0.05, 0) is 52.7 Å². The Morgan fingerprint density at radius 2 is 2.31 bits per heavy atom. The number of likely N-dealkylation sites (N-methyl/N-ethyl adjacent to an activating group) is 1. The van der Waals surface area contributed by atoms with Gasteiger partial charge in [0, 0.05) is 19.2 Å². The highest BCUT2D eigenvalue weighted by Gasteiger charge is 2.17. The number of hydrogen-bond donors (Lipinski definition) is 1. The summed E-state index contributed by atoms with van der Waals surface area (Å²) in [6.45, 7) is 8.85. The van der Waals surface area contributed by atoms with E-state index in [1.165, 1.54) is 25.7 Å². The van der Waals surface area contributed by atoms with Crippen LogP contribution in [0.4, 0.5) is 0 Å². The van der Waals surface area contributed by atoms with Crippen LogP contribution < -0.4 is 5.32 Å². The molecule has 1 aliphatic rings. The average molecular weight is 228 g/mol. The van der Waals surface area contributed by atoms with E-state index in [2.05, 4.69) is 31.1 Å².